The molecule has 0 N–H and O–H groups in total. The van der Waals surface area contributed by atoms with Crippen LogP contribution < -0.4 is 9.64 Å². The predicted molar refractivity (Wildman–Crippen MR) is 140 cm³/mol. The van der Waals surface area contributed by atoms with Gasteiger partial charge < -0.3 is 14.4 Å². The first kappa shape index (κ1) is 25.7. The average Bonchev–Trinajstić information content (AvgIpc) is 3.30. The van der Waals surface area contributed by atoms with E-state index in [2.05, 4.69) is 10.2 Å². The van der Waals surface area contributed by atoms with E-state index < -0.39 is 5.82 Å². The Morgan fingerprint density at radius 3 is 2.61 bits per heavy atom. The van der Waals surface area contributed by atoms with Crippen LogP contribution in [0.25, 0.3) is 10.8 Å². The molecule has 0 aliphatic carbocycles. The molecule has 1 amide bonds. The zero-order valence-corrected chi connectivity index (χ0v) is 21.4. The Kier molecular flexibility index (Phi) is 8.56. The van der Waals surface area contributed by atoms with Crippen molar-refractivity contribution in [2.45, 2.75) is 31.7 Å². The van der Waals surface area contributed by atoms with Crippen molar-refractivity contribution in [1.82, 2.24) is 14.8 Å². The Balaban J connectivity index is 1.52. The molecule has 0 radical (unpaired) electrons. The maximum Gasteiger partial charge on any atom is 0.237 e. The molecule has 1 atom stereocenters. The lowest BCUT2D eigenvalue weighted by Crippen LogP contribution is -2.32. The minimum Gasteiger partial charge on any atom is -0.483 e. The zero-order chi connectivity index (χ0) is 25.5. The molecule has 1 aromatic heterocycles. The first-order valence-corrected chi connectivity index (χ1v) is 12.7. The number of carbonyl (C=O) groups is 1. The molecular weight excluding hydrogens is 479 g/mol. The smallest absolute Gasteiger partial charge is 0.237 e. The van der Waals surface area contributed by atoms with Gasteiger partial charge in [0.2, 0.25) is 5.91 Å². The van der Waals surface area contributed by atoms with Crippen LogP contribution in [0.5, 0.6) is 5.75 Å². The summed E-state index contributed by atoms with van der Waals surface area (Å²) in [5.41, 5.74) is 0.884. The number of para-hydroxylation sites is 1. The highest BCUT2D eigenvalue weighted by Crippen LogP contribution is 2.29. The van der Waals surface area contributed by atoms with Gasteiger partial charge in [0.05, 0.1) is 24.1 Å². The molecule has 4 aromatic rings. The third-order valence-corrected chi connectivity index (χ3v) is 6.70. The molecular formula is C27H29FN4O3S. The number of thioether (sulfide) groups is 1. The quantitative estimate of drug-likeness (QED) is 0.249. The van der Waals surface area contributed by atoms with E-state index in [1.807, 2.05) is 60.9 Å². The molecule has 0 aliphatic heterocycles. The number of ether oxygens (including phenoxy) is 2. The van der Waals surface area contributed by atoms with Crippen LogP contribution in [0.1, 0.15) is 25.7 Å². The monoisotopic (exact) mass is 508 g/mol. The van der Waals surface area contributed by atoms with Crippen molar-refractivity contribution >= 4 is 34.1 Å². The number of aromatic nitrogens is 3. The average molecular weight is 509 g/mol. The fraction of sp³-hybridized carbons (Fsp3) is 0.296. The minimum absolute atomic E-state index is 0.0306. The molecule has 36 heavy (non-hydrogen) atoms. The predicted octanol–water partition coefficient (Wildman–Crippen LogP) is 5.50. The van der Waals surface area contributed by atoms with E-state index in [-0.39, 0.29) is 30.1 Å². The van der Waals surface area contributed by atoms with Gasteiger partial charge in [-0.05, 0) is 37.4 Å². The summed E-state index contributed by atoms with van der Waals surface area (Å²) in [4.78, 5) is 15.1. The summed E-state index contributed by atoms with van der Waals surface area (Å²) in [6.07, 6.45) is 0. The third-order valence-electron chi connectivity index (χ3n) is 5.78. The highest BCUT2D eigenvalue weighted by molar-refractivity contribution is 7.99. The van der Waals surface area contributed by atoms with Crippen LogP contribution in [0.3, 0.4) is 0 Å². The van der Waals surface area contributed by atoms with Crippen LogP contribution >= 0.6 is 11.8 Å². The second-order valence-corrected chi connectivity index (χ2v) is 9.16. The van der Waals surface area contributed by atoms with E-state index in [9.17, 15) is 9.18 Å². The molecule has 4 rings (SSSR count). The molecule has 0 aliphatic rings. The standard InChI is InChI=1S/C27H29FN4O3S/c1-4-31(23-14-9-11-20-10-5-6-12-21(20)23)26(33)18-36-27-30-29-25(32(27)19(2)16-34-3)17-35-24-15-8-7-13-22(24)28/h5-15,19H,4,16-18H2,1-3H3/t19-/m0/s1. The van der Waals surface area contributed by atoms with Gasteiger partial charge in [-0.25, -0.2) is 4.39 Å². The van der Waals surface area contributed by atoms with Crippen molar-refractivity contribution in [3.05, 3.63) is 78.4 Å². The van der Waals surface area contributed by atoms with Crippen LogP contribution in [-0.2, 0) is 16.1 Å². The lowest BCUT2D eigenvalue weighted by Gasteiger charge is -2.23. The topological polar surface area (TPSA) is 69.5 Å². The molecule has 0 fully saturated rings. The van der Waals surface area contributed by atoms with Gasteiger partial charge in [0.25, 0.3) is 0 Å². The van der Waals surface area contributed by atoms with E-state index in [1.165, 1.54) is 17.8 Å². The van der Waals surface area contributed by atoms with Crippen molar-refractivity contribution in [2.75, 3.05) is 30.9 Å². The fourth-order valence-corrected chi connectivity index (χ4v) is 5.03. The molecule has 1 heterocycles. The highest BCUT2D eigenvalue weighted by Gasteiger charge is 2.22. The minimum atomic E-state index is -0.443. The summed E-state index contributed by atoms with van der Waals surface area (Å²) in [7, 11) is 1.62. The van der Waals surface area contributed by atoms with Crippen molar-refractivity contribution in [3.8, 4) is 5.75 Å². The Morgan fingerprint density at radius 2 is 1.83 bits per heavy atom. The van der Waals surface area contributed by atoms with E-state index in [4.69, 9.17) is 9.47 Å². The van der Waals surface area contributed by atoms with Gasteiger partial charge in [0, 0.05) is 19.0 Å². The van der Waals surface area contributed by atoms with Gasteiger partial charge in [0.1, 0.15) is 6.61 Å². The summed E-state index contributed by atoms with van der Waals surface area (Å²) in [6.45, 7) is 4.93. The van der Waals surface area contributed by atoms with Crippen molar-refractivity contribution in [3.63, 3.8) is 0 Å². The van der Waals surface area contributed by atoms with E-state index in [0.29, 0.717) is 24.1 Å². The maximum absolute atomic E-state index is 14.0. The van der Waals surface area contributed by atoms with Gasteiger partial charge >= 0.3 is 0 Å². The first-order valence-electron chi connectivity index (χ1n) is 11.7. The molecule has 0 unspecified atom stereocenters. The zero-order valence-electron chi connectivity index (χ0n) is 20.6. The van der Waals surface area contributed by atoms with Crippen molar-refractivity contribution in [2.24, 2.45) is 0 Å². The number of methoxy groups -OCH3 is 1. The number of fused-ring (bicyclic) bond motifs is 1. The first-order chi connectivity index (χ1) is 17.5. The number of hydrogen-bond donors (Lipinski definition) is 0. The van der Waals surface area contributed by atoms with Crippen LogP contribution in [0.4, 0.5) is 10.1 Å². The van der Waals surface area contributed by atoms with Crippen LogP contribution in [0.15, 0.2) is 71.9 Å². The summed E-state index contributed by atoms with van der Waals surface area (Å²) in [6, 6.07) is 20.1. The van der Waals surface area contributed by atoms with E-state index in [1.54, 1.807) is 30.2 Å². The molecule has 7 nitrogen and oxygen atoms in total. The van der Waals surface area contributed by atoms with Crippen LogP contribution in [0, 0.1) is 5.82 Å². The molecule has 0 bridgehead atoms. The molecule has 188 valence electrons. The summed E-state index contributed by atoms with van der Waals surface area (Å²) in [5, 5.41) is 11.3. The third kappa shape index (κ3) is 5.68. The summed E-state index contributed by atoms with van der Waals surface area (Å²) >= 11 is 1.31. The van der Waals surface area contributed by atoms with Gasteiger partial charge in [-0.1, -0.05) is 60.3 Å². The molecule has 3 aromatic carbocycles. The molecule has 0 saturated heterocycles. The second-order valence-electron chi connectivity index (χ2n) is 8.22. The second kappa shape index (κ2) is 12.0. The van der Waals surface area contributed by atoms with Gasteiger partial charge in [-0.15, -0.1) is 10.2 Å². The van der Waals surface area contributed by atoms with Crippen LogP contribution in [-0.4, -0.2) is 46.7 Å². The number of hydrogen-bond acceptors (Lipinski definition) is 6. The number of rotatable bonds is 11. The van der Waals surface area contributed by atoms with Crippen LogP contribution in [0.2, 0.25) is 0 Å². The maximum atomic E-state index is 14.0. The van der Waals surface area contributed by atoms with Crippen molar-refractivity contribution in [1.29, 1.82) is 0 Å². The molecule has 0 spiro atoms. The number of benzene rings is 3. The van der Waals surface area contributed by atoms with Gasteiger partial charge in [-0.2, -0.15) is 0 Å². The summed E-state index contributed by atoms with van der Waals surface area (Å²) in [5.74, 6) is 0.380. The Morgan fingerprint density at radius 1 is 1.08 bits per heavy atom. The SMILES string of the molecule is CCN(C(=O)CSc1nnc(COc2ccccc2F)n1[C@@H](C)COC)c1cccc2ccccc12. The largest absolute Gasteiger partial charge is 0.483 e. The van der Waals surface area contributed by atoms with E-state index in [0.717, 1.165) is 16.5 Å². The Bertz CT molecular complexity index is 1320. The number of halogens is 1. The lowest BCUT2D eigenvalue weighted by atomic mass is 10.1. The summed E-state index contributed by atoms with van der Waals surface area (Å²) < 4.78 is 26.9. The van der Waals surface area contributed by atoms with Gasteiger partial charge in [0.15, 0.2) is 22.5 Å². The number of nitrogens with zero attached hydrogens (tertiary/aromatic N) is 4. The lowest BCUT2D eigenvalue weighted by molar-refractivity contribution is -0.116. The Hall–Kier alpha value is -3.43. The Labute approximate surface area is 214 Å². The van der Waals surface area contributed by atoms with E-state index >= 15 is 0 Å². The molecule has 0 saturated carbocycles. The number of anilines is 1. The fourth-order valence-electron chi connectivity index (χ4n) is 4.10. The highest BCUT2D eigenvalue weighted by atomic mass is 32.2. The number of carbonyl (C=O) groups excluding carboxylic acids is 1. The van der Waals surface area contributed by atoms with Crippen molar-refractivity contribution < 1.29 is 18.7 Å². The molecule has 9 heteroatoms. The number of amides is 1. The van der Waals surface area contributed by atoms with Gasteiger partial charge in [-0.3, -0.25) is 9.36 Å². The normalized spacial score (nSPS) is 12.0.